The number of nitrogen functional groups attached to an aromatic ring is 1. The van der Waals surface area contributed by atoms with Gasteiger partial charge in [0.05, 0.1) is 11.7 Å². The summed E-state index contributed by atoms with van der Waals surface area (Å²) in [5, 5.41) is 0.614. The molecular weight excluding hydrogens is 246 g/mol. The molecule has 2 N–H and O–H groups in total. The lowest BCUT2D eigenvalue weighted by Crippen LogP contribution is -2.22. The van der Waals surface area contributed by atoms with Crippen molar-refractivity contribution in [1.82, 2.24) is 0 Å². The molecule has 0 amide bonds. The van der Waals surface area contributed by atoms with Crippen LogP contribution in [0.1, 0.15) is 54.9 Å². The molecule has 0 bridgehead atoms. The van der Waals surface area contributed by atoms with E-state index in [0.717, 1.165) is 24.8 Å². The molecular formula is C14H21NO2S. The Labute approximate surface area is 112 Å². The Morgan fingerprint density at radius 3 is 2.72 bits per heavy atom. The van der Waals surface area contributed by atoms with E-state index in [2.05, 4.69) is 13.8 Å². The van der Waals surface area contributed by atoms with Crippen molar-refractivity contribution >= 4 is 22.3 Å². The van der Waals surface area contributed by atoms with Crippen LogP contribution in [0.2, 0.25) is 0 Å². The first kappa shape index (κ1) is 13.4. The average Bonchev–Trinajstić information content (AvgIpc) is 2.50. The minimum Gasteiger partial charge on any atom is -0.459 e. The predicted molar refractivity (Wildman–Crippen MR) is 75.1 cm³/mol. The van der Waals surface area contributed by atoms with E-state index >= 15 is 0 Å². The summed E-state index contributed by atoms with van der Waals surface area (Å²) in [7, 11) is 0. The van der Waals surface area contributed by atoms with Gasteiger partial charge in [0, 0.05) is 4.88 Å². The smallest absolute Gasteiger partial charge is 0.341 e. The van der Waals surface area contributed by atoms with Crippen molar-refractivity contribution in [2.24, 2.45) is 5.41 Å². The highest BCUT2D eigenvalue weighted by atomic mass is 32.1. The van der Waals surface area contributed by atoms with Crippen LogP contribution in [0.3, 0.4) is 0 Å². The van der Waals surface area contributed by atoms with Crippen molar-refractivity contribution in [3.63, 3.8) is 0 Å². The van der Waals surface area contributed by atoms with Crippen LogP contribution in [-0.2, 0) is 17.6 Å². The van der Waals surface area contributed by atoms with Gasteiger partial charge in [-0.1, -0.05) is 13.8 Å². The number of hydrogen-bond acceptors (Lipinski definition) is 4. The van der Waals surface area contributed by atoms with E-state index in [1.165, 1.54) is 4.88 Å². The van der Waals surface area contributed by atoms with Crippen LogP contribution in [0.25, 0.3) is 0 Å². The number of ether oxygens (including phenoxy) is 1. The molecule has 4 heteroatoms. The maximum absolute atomic E-state index is 12.1. The van der Waals surface area contributed by atoms with E-state index in [0.29, 0.717) is 16.0 Å². The van der Waals surface area contributed by atoms with Gasteiger partial charge in [-0.25, -0.2) is 4.79 Å². The highest BCUT2D eigenvalue weighted by molar-refractivity contribution is 7.16. The molecule has 0 spiro atoms. The second-order valence-corrected chi connectivity index (χ2v) is 7.17. The van der Waals surface area contributed by atoms with E-state index in [1.54, 1.807) is 11.3 Å². The standard InChI is InChI=1S/C14H21NO2S/c1-8(2)17-13(16)11-9-5-6-14(3,4)7-10(9)18-12(11)15/h8H,5-7,15H2,1-4H3. The monoisotopic (exact) mass is 267 g/mol. The fraction of sp³-hybridized carbons (Fsp3) is 0.643. The lowest BCUT2D eigenvalue weighted by atomic mass is 9.77. The number of nitrogens with two attached hydrogens (primary N) is 1. The molecule has 0 fully saturated rings. The number of fused-ring (bicyclic) bond motifs is 1. The molecule has 2 rings (SSSR count). The summed E-state index contributed by atoms with van der Waals surface area (Å²) in [5.41, 5.74) is 8.06. The van der Waals surface area contributed by atoms with E-state index in [1.807, 2.05) is 13.8 Å². The minimum absolute atomic E-state index is 0.104. The second-order valence-electron chi connectivity index (χ2n) is 6.04. The Morgan fingerprint density at radius 2 is 2.11 bits per heavy atom. The zero-order valence-electron chi connectivity index (χ0n) is 11.5. The van der Waals surface area contributed by atoms with Gasteiger partial charge < -0.3 is 10.5 Å². The van der Waals surface area contributed by atoms with E-state index in [-0.39, 0.29) is 12.1 Å². The molecule has 18 heavy (non-hydrogen) atoms. The average molecular weight is 267 g/mol. The lowest BCUT2D eigenvalue weighted by molar-refractivity contribution is 0.0377. The molecule has 1 aromatic rings. The van der Waals surface area contributed by atoms with Gasteiger partial charge in [0.2, 0.25) is 0 Å². The summed E-state index contributed by atoms with van der Waals surface area (Å²) in [5.74, 6) is -0.264. The molecule has 1 aliphatic carbocycles. The molecule has 0 saturated carbocycles. The third kappa shape index (κ3) is 2.53. The maximum atomic E-state index is 12.1. The van der Waals surface area contributed by atoms with Crippen molar-refractivity contribution in [2.45, 2.75) is 53.1 Å². The number of anilines is 1. The zero-order valence-corrected chi connectivity index (χ0v) is 12.3. The fourth-order valence-corrected chi connectivity index (χ4v) is 3.79. The lowest BCUT2D eigenvalue weighted by Gasteiger charge is -2.29. The summed E-state index contributed by atoms with van der Waals surface area (Å²) in [6.45, 7) is 8.24. The first-order chi connectivity index (χ1) is 8.30. The van der Waals surface area contributed by atoms with Gasteiger partial charge in [-0.15, -0.1) is 11.3 Å². The number of rotatable bonds is 2. The third-order valence-electron chi connectivity index (χ3n) is 3.36. The number of esters is 1. The highest BCUT2D eigenvalue weighted by Gasteiger charge is 2.32. The quantitative estimate of drug-likeness (QED) is 0.835. The number of hydrogen-bond donors (Lipinski definition) is 1. The van der Waals surface area contributed by atoms with Crippen LogP contribution in [0.15, 0.2) is 0 Å². The number of carbonyl (C=O) groups is 1. The third-order valence-corrected chi connectivity index (χ3v) is 4.42. The molecule has 0 radical (unpaired) electrons. The van der Waals surface area contributed by atoms with E-state index < -0.39 is 0 Å². The summed E-state index contributed by atoms with van der Waals surface area (Å²) in [6.07, 6.45) is 2.93. The van der Waals surface area contributed by atoms with Gasteiger partial charge in [0.25, 0.3) is 0 Å². The van der Waals surface area contributed by atoms with E-state index in [9.17, 15) is 4.79 Å². The molecule has 3 nitrogen and oxygen atoms in total. The largest absolute Gasteiger partial charge is 0.459 e. The Balaban J connectivity index is 2.34. The number of thiophene rings is 1. The maximum Gasteiger partial charge on any atom is 0.341 e. The Morgan fingerprint density at radius 1 is 1.44 bits per heavy atom. The Bertz CT molecular complexity index is 474. The van der Waals surface area contributed by atoms with Crippen LogP contribution in [0.4, 0.5) is 5.00 Å². The predicted octanol–water partition coefficient (Wildman–Crippen LogP) is 3.41. The molecule has 0 aromatic carbocycles. The van der Waals surface area contributed by atoms with Crippen molar-refractivity contribution < 1.29 is 9.53 Å². The van der Waals surface area contributed by atoms with Gasteiger partial charge in [-0.05, 0) is 44.1 Å². The van der Waals surface area contributed by atoms with Gasteiger partial charge in [0.1, 0.15) is 5.00 Å². The van der Waals surface area contributed by atoms with Crippen LogP contribution in [-0.4, -0.2) is 12.1 Å². The molecule has 0 unspecified atom stereocenters. The second kappa shape index (κ2) is 4.57. The summed E-state index contributed by atoms with van der Waals surface area (Å²) in [6, 6.07) is 0. The Kier molecular flexibility index (Phi) is 3.41. The van der Waals surface area contributed by atoms with Gasteiger partial charge in [-0.2, -0.15) is 0 Å². The molecule has 1 aliphatic rings. The molecule has 1 heterocycles. The summed E-state index contributed by atoms with van der Waals surface area (Å²) >= 11 is 1.55. The normalized spacial score (nSPS) is 17.6. The van der Waals surface area contributed by atoms with Gasteiger partial charge >= 0.3 is 5.97 Å². The molecule has 100 valence electrons. The van der Waals surface area contributed by atoms with Crippen molar-refractivity contribution in [3.05, 3.63) is 16.0 Å². The van der Waals surface area contributed by atoms with E-state index in [4.69, 9.17) is 10.5 Å². The first-order valence-electron chi connectivity index (χ1n) is 6.41. The Hall–Kier alpha value is -1.03. The first-order valence-corrected chi connectivity index (χ1v) is 7.23. The van der Waals surface area contributed by atoms with Gasteiger partial charge in [0.15, 0.2) is 0 Å². The van der Waals surface area contributed by atoms with Crippen LogP contribution >= 0.6 is 11.3 Å². The van der Waals surface area contributed by atoms with Crippen molar-refractivity contribution in [2.75, 3.05) is 5.73 Å². The zero-order chi connectivity index (χ0) is 13.5. The highest BCUT2D eigenvalue weighted by Crippen LogP contribution is 2.42. The van der Waals surface area contributed by atoms with Crippen molar-refractivity contribution in [3.8, 4) is 0 Å². The summed E-state index contributed by atoms with van der Waals surface area (Å²) < 4.78 is 5.28. The minimum atomic E-state index is -0.264. The van der Waals surface area contributed by atoms with Crippen LogP contribution in [0.5, 0.6) is 0 Å². The fourth-order valence-electron chi connectivity index (χ4n) is 2.42. The molecule has 1 aromatic heterocycles. The van der Waals surface area contributed by atoms with Crippen LogP contribution < -0.4 is 5.73 Å². The topological polar surface area (TPSA) is 52.3 Å². The number of carbonyl (C=O) groups excluding carboxylic acids is 1. The molecule has 0 atom stereocenters. The molecule has 0 saturated heterocycles. The van der Waals surface area contributed by atoms with Crippen molar-refractivity contribution in [1.29, 1.82) is 0 Å². The van der Waals surface area contributed by atoms with Gasteiger partial charge in [-0.3, -0.25) is 0 Å². The SMILES string of the molecule is CC(C)OC(=O)c1c(N)sc2c1CCC(C)(C)C2. The van der Waals surface area contributed by atoms with Crippen LogP contribution in [0, 0.1) is 5.41 Å². The molecule has 0 aliphatic heterocycles. The summed E-state index contributed by atoms with van der Waals surface area (Å²) in [4.78, 5) is 13.3.